The van der Waals surface area contributed by atoms with Crippen LogP contribution in [0, 0.1) is 11.7 Å². The molecule has 4 rings (SSSR count). The molecule has 0 radical (unpaired) electrons. The maximum absolute atomic E-state index is 5.88. The predicted octanol–water partition coefficient (Wildman–Crippen LogP) is 5.59. The third-order valence-electron chi connectivity index (χ3n) is 4.20. The summed E-state index contributed by atoms with van der Waals surface area (Å²) in [5, 5.41) is 11.7. The Morgan fingerprint density at radius 1 is 0.964 bits per heavy atom. The molecule has 0 spiro atoms. The number of hydrogen-bond donors (Lipinski definition) is 1. The van der Waals surface area contributed by atoms with E-state index in [1.807, 2.05) is 85.8 Å². The second-order valence-electron chi connectivity index (χ2n) is 6.21. The molecule has 0 bridgehead atoms. The van der Waals surface area contributed by atoms with Crippen molar-refractivity contribution in [2.75, 3.05) is 0 Å². The molecule has 1 heterocycles. The number of aryl methyl sites for hydroxylation is 1. The molecular weight excluding hydrogens is 368 g/mol. The van der Waals surface area contributed by atoms with E-state index in [1.165, 1.54) is 0 Å². The van der Waals surface area contributed by atoms with Gasteiger partial charge in [0.05, 0.1) is 6.21 Å². The molecule has 0 aliphatic carbocycles. The van der Waals surface area contributed by atoms with Crippen LogP contribution in [0.4, 0.5) is 0 Å². The molecule has 0 fully saturated rings. The average molecular weight is 386 g/mol. The van der Waals surface area contributed by atoms with E-state index in [1.54, 1.807) is 10.9 Å². The predicted molar refractivity (Wildman–Crippen MR) is 114 cm³/mol. The van der Waals surface area contributed by atoms with Crippen molar-refractivity contribution in [2.45, 2.75) is 6.92 Å². The molecule has 0 aliphatic rings. The zero-order valence-corrected chi connectivity index (χ0v) is 16.1. The van der Waals surface area contributed by atoms with E-state index in [4.69, 9.17) is 17.0 Å². The fraction of sp³-hybridized carbons (Fsp3) is 0.0455. The first-order valence-corrected chi connectivity index (χ1v) is 9.22. The standard InChI is InChI=1S/C22H18N4OS/c1-16-8-5-6-13-20(16)21-24-25-22(28)26(21)23-15-17-9-7-12-19(14-17)27-18-10-3-2-4-11-18/h2-15H,1H3,(H,25,28). The Morgan fingerprint density at radius 3 is 2.54 bits per heavy atom. The third kappa shape index (κ3) is 3.92. The number of nitrogens with one attached hydrogen (secondary N) is 1. The van der Waals surface area contributed by atoms with E-state index >= 15 is 0 Å². The SMILES string of the molecule is Cc1ccccc1-c1n[nH]c(=S)n1N=Cc1cccc(Oc2ccccc2)c1. The molecule has 3 aromatic carbocycles. The van der Waals surface area contributed by atoms with Crippen LogP contribution in [0.1, 0.15) is 11.1 Å². The molecular formula is C22H18N4OS. The number of H-pyrrole nitrogens is 1. The van der Waals surface area contributed by atoms with Crippen LogP contribution in [0.25, 0.3) is 11.4 Å². The van der Waals surface area contributed by atoms with E-state index in [2.05, 4.69) is 15.3 Å². The fourth-order valence-corrected chi connectivity index (χ4v) is 2.98. The topological polar surface area (TPSA) is 55.2 Å². The molecule has 4 aromatic rings. The van der Waals surface area contributed by atoms with Gasteiger partial charge in [-0.3, -0.25) is 0 Å². The number of hydrogen-bond acceptors (Lipinski definition) is 4. The summed E-state index contributed by atoms with van der Waals surface area (Å²) in [6.07, 6.45) is 1.74. The van der Waals surface area contributed by atoms with Crippen LogP contribution >= 0.6 is 12.2 Å². The molecule has 0 amide bonds. The Labute approximate surface area is 167 Å². The monoisotopic (exact) mass is 386 g/mol. The highest BCUT2D eigenvalue weighted by atomic mass is 32.1. The number of para-hydroxylation sites is 1. The minimum atomic E-state index is 0.436. The van der Waals surface area contributed by atoms with Crippen molar-refractivity contribution in [3.05, 3.63) is 94.8 Å². The molecule has 0 saturated carbocycles. The van der Waals surface area contributed by atoms with Gasteiger partial charge in [-0.25, -0.2) is 5.10 Å². The average Bonchev–Trinajstić information content (AvgIpc) is 3.08. The highest BCUT2D eigenvalue weighted by molar-refractivity contribution is 7.71. The summed E-state index contributed by atoms with van der Waals surface area (Å²) < 4.78 is 7.94. The second kappa shape index (κ2) is 8.02. The second-order valence-corrected chi connectivity index (χ2v) is 6.60. The largest absolute Gasteiger partial charge is 0.457 e. The maximum atomic E-state index is 5.88. The third-order valence-corrected chi connectivity index (χ3v) is 4.46. The van der Waals surface area contributed by atoms with Crippen molar-refractivity contribution < 1.29 is 4.74 Å². The van der Waals surface area contributed by atoms with Gasteiger partial charge in [-0.15, -0.1) is 0 Å². The maximum Gasteiger partial charge on any atom is 0.216 e. The van der Waals surface area contributed by atoms with E-state index in [0.717, 1.165) is 28.2 Å². The minimum Gasteiger partial charge on any atom is -0.457 e. The lowest BCUT2D eigenvalue weighted by Crippen LogP contribution is -1.96. The van der Waals surface area contributed by atoms with Crippen LogP contribution in [-0.2, 0) is 0 Å². The number of aromatic nitrogens is 3. The zero-order chi connectivity index (χ0) is 19.3. The molecule has 1 N–H and O–H groups in total. The number of rotatable bonds is 5. The van der Waals surface area contributed by atoms with Crippen LogP contribution in [0.3, 0.4) is 0 Å². The Hall–Kier alpha value is -3.51. The molecule has 5 nitrogen and oxygen atoms in total. The first-order chi connectivity index (χ1) is 13.7. The fourth-order valence-electron chi connectivity index (χ4n) is 2.80. The van der Waals surface area contributed by atoms with Gasteiger partial charge in [0.2, 0.25) is 4.77 Å². The van der Waals surface area contributed by atoms with Gasteiger partial charge in [0.15, 0.2) is 5.82 Å². The summed E-state index contributed by atoms with van der Waals surface area (Å²) in [6.45, 7) is 2.03. The van der Waals surface area contributed by atoms with Gasteiger partial charge >= 0.3 is 0 Å². The van der Waals surface area contributed by atoms with Crippen LogP contribution in [-0.4, -0.2) is 21.1 Å². The van der Waals surface area contributed by atoms with E-state index in [0.29, 0.717) is 10.6 Å². The highest BCUT2D eigenvalue weighted by Gasteiger charge is 2.10. The lowest BCUT2D eigenvalue weighted by atomic mass is 10.1. The van der Waals surface area contributed by atoms with E-state index in [9.17, 15) is 0 Å². The van der Waals surface area contributed by atoms with Crippen molar-refractivity contribution in [2.24, 2.45) is 5.10 Å². The van der Waals surface area contributed by atoms with Gasteiger partial charge in [0, 0.05) is 5.56 Å². The van der Waals surface area contributed by atoms with Crippen molar-refractivity contribution >= 4 is 18.4 Å². The quantitative estimate of drug-likeness (QED) is 0.359. The first kappa shape index (κ1) is 17.9. The number of aromatic amines is 1. The molecule has 138 valence electrons. The lowest BCUT2D eigenvalue weighted by molar-refractivity contribution is 0.482. The van der Waals surface area contributed by atoms with Crippen molar-refractivity contribution in [1.82, 2.24) is 14.9 Å². The summed E-state index contributed by atoms with van der Waals surface area (Å²) >= 11 is 5.35. The normalized spacial score (nSPS) is 11.0. The number of ether oxygens (including phenoxy) is 1. The summed E-state index contributed by atoms with van der Waals surface area (Å²) in [6, 6.07) is 25.4. The van der Waals surface area contributed by atoms with Crippen LogP contribution in [0.15, 0.2) is 84.0 Å². The van der Waals surface area contributed by atoms with Crippen LogP contribution < -0.4 is 4.74 Å². The van der Waals surface area contributed by atoms with E-state index in [-0.39, 0.29) is 0 Å². The summed E-state index contributed by atoms with van der Waals surface area (Å²) in [5.41, 5.74) is 2.98. The van der Waals surface area contributed by atoms with Gasteiger partial charge in [-0.2, -0.15) is 14.9 Å². The van der Waals surface area contributed by atoms with Crippen LogP contribution in [0.5, 0.6) is 11.5 Å². The molecule has 0 aliphatic heterocycles. The first-order valence-electron chi connectivity index (χ1n) is 8.81. The molecule has 1 aromatic heterocycles. The molecule has 0 saturated heterocycles. The Morgan fingerprint density at radius 2 is 1.71 bits per heavy atom. The van der Waals surface area contributed by atoms with Crippen LogP contribution in [0.2, 0.25) is 0 Å². The zero-order valence-electron chi connectivity index (χ0n) is 15.2. The molecule has 28 heavy (non-hydrogen) atoms. The summed E-state index contributed by atoms with van der Waals surface area (Å²) in [4.78, 5) is 0. The summed E-state index contributed by atoms with van der Waals surface area (Å²) in [7, 11) is 0. The summed E-state index contributed by atoms with van der Waals surface area (Å²) in [5.74, 6) is 2.21. The Balaban J connectivity index is 1.62. The smallest absolute Gasteiger partial charge is 0.216 e. The van der Waals surface area contributed by atoms with Gasteiger partial charge in [0.25, 0.3) is 0 Å². The van der Waals surface area contributed by atoms with Gasteiger partial charge in [-0.1, -0.05) is 54.6 Å². The Kier molecular flexibility index (Phi) is 5.12. The van der Waals surface area contributed by atoms with Gasteiger partial charge < -0.3 is 4.74 Å². The molecule has 0 atom stereocenters. The van der Waals surface area contributed by atoms with Crippen molar-refractivity contribution in [3.8, 4) is 22.9 Å². The lowest BCUT2D eigenvalue weighted by Gasteiger charge is -2.06. The minimum absolute atomic E-state index is 0.436. The van der Waals surface area contributed by atoms with Crippen molar-refractivity contribution in [3.63, 3.8) is 0 Å². The molecule has 0 unspecified atom stereocenters. The number of benzene rings is 3. The highest BCUT2D eigenvalue weighted by Crippen LogP contribution is 2.23. The molecule has 6 heteroatoms. The number of nitrogens with zero attached hydrogens (tertiary/aromatic N) is 3. The van der Waals surface area contributed by atoms with Gasteiger partial charge in [0.1, 0.15) is 11.5 Å². The van der Waals surface area contributed by atoms with E-state index < -0.39 is 0 Å². The van der Waals surface area contributed by atoms with Crippen molar-refractivity contribution in [1.29, 1.82) is 0 Å². The van der Waals surface area contributed by atoms with Gasteiger partial charge in [-0.05, 0) is 54.5 Å². The Bertz CT molecular complexity index is 1180.